The van der Waals surface area contributed by atoms with E-state index in [4.69, 9.17) is 32.7 Å². The van der Waals surface area contributed by atoms with E-state index in [1.807, 2.05) is 0 Å². The highest BCUT2D eigenvalue weighted by Crippen LogP contribution is 2.33. The van der Waals surface area contributed by atoms with E-state index in [0.717, 1.165) is 6.07 Å². The molecule has 0 bridgehead atoms. The fraction of sp³-hybridized carbons (Fsp3) is 0.250. The lowest BCUT2D eigenvalue weighted by molar-refractivity contribution is 0.171. The summed E-state index contributed by atoms with van der Waals surface area (Å²) >= 11 is 11.7. The molecular formula is C16H14Cl2FNO4S. The summed E-state index contributed by atoms with van der Waals surface area (Å²) in [4.78, 5) is 0.00848. The molecule has 0 fully saturated rings. The molecule has 1 heterocycles. The van der Waals surface area contributed by atoms with Gasteiger partial charge in [0.05, 0.1) is 9.92 Å². The number of fused-ring (bicyclic) bond motifs is 1. The van der Waals surface area contributed by atoms with Gasteiger partial charge in [-0.25, -0.2) is 17.5 Å². The summed E-state index contributed by atoms with van der Waals surface area (Å²) in [5.41, 5.74) is 0.282. The van der Waals surface area contributed by atoms with Gasteiger partial charge in [0.1, 0.15) is 19.0 Å². The van der Waals surface area contributed by atoms with Crippen molar-refractivity contribution in [2.75, 3.05) is 13.2 Å². The maximum absolute atomic E-state index is 13.7. The van der Waals surface area contributed by atoms with Crippen molar-refractivity contribution in [3.05, 3.63) is 51.8 Å². The summed E-state index contributed by atoms with van der Waals surface area (Å²) in [5, 5.41) is 0.0411. The van der Waals surface area contributed by atoms with Crippen LogP contribution in [0.4, 0.5) is 4.39 Å². The third kappa shape index (κ3) is 3.84. The van der Waals surface area contributed by atoms with Crippen LogP contribution in [0.15, 0.2) is 35.2 Å². The molecule has 3 rings (SSSR count). The molecule has 0 amide bonds. The summed E-state index contributed by atoms with van der Waals surface area (Å²) in [6.07, 6.45) is 0. The molecule has 0 radical (unpaired) electrons. The van der Waals surface area contributed by atoms with E-state index in [1.165, 1.54) is 24.3 Å². The maximum atomic E-state index is 13.7. The predicted octanol–water partition coefficient (Wildman–Crippen LogP) is 3.94. The van der Waals surface area contributed by atoms with Crippen molar-refractivity contribution in [3.63, 3.8) is 0 Å². The molecular weight excluding hydrogens is 392 g/mol. The van der Waals surface area contributed by atoms with Crippen LogP contribution in [0.2, 0.25) is 10.0 Å². The third-order valence-electron chi connectivity index (χ3n) is 3.66. The summed E-state index contributed by atoms with van der Waals surface area (Å²) in [7, 11) is -3.88. The van der Waals surface area contributed by atoms with Gasteiger partial charge in [-0.1, -0.05) is 23.2 Å². The fourth-order valence-corrected chi connectivity index (χ4v) is 4.21. The summed E-state index contributed by atoms with van der Waals surface area (Å²) in [5.74, 6) is 0.171. The van der Waals surface area contributed by atoms with Crippen LogP contribution in [0.5, 0.6) is 11.5 Å². The van der Waals surface area contributed by atoms with Crippen molar-refractivity contribution in [1.82, 2.24) is 4.72 Å². The summed E-state index contributed by atoms with van der Waals surface area (Å²) < 4.78 is 52.1. The first kappa shape index (κ1) is 18.3. The smallest absolute Gasteiger partial charge is 0.241 e. The molecule has 0 saturated carbocycles. The Hall–Kier alpha value is -1.54. The molecule has 1 unspecified atom stereocenters. The van der Waals surface area contributed by atoms with Crippen molar-refractivity contribution >= 4 is 33.2 Å². The van der Waals surface area contributed by atoms with Gasteiger partial charge >= 0.3 is 0 Å². The molecule has 9 heteroatoms. The Morgan fingerprint density at radius 2 is 1.76 bits per heavy atom. The first-order valence-electron chi connectivity index (χ1n) is 7.34. The minimum atomic E-state index is -3.88. The van der Waals surface area contributed by atoms with Gasteiger partial charge in [-0.05, 0) is 36.8 Å². The number of rotatable bonds is 4. The second kappa shape index (κ2) is 6.99. The van der Waals surface area contributed by atoms with Gasteiger partial charge in [0.2, 0.25) is 10.0 Å². The first-order chi connectivity index (χ1) is 11.8. The molecule has 1 aliphatic heterocycles. The van der Waals surface area contributed by atoms with Crippen LogP contribution in [0.1, 0.15) is 18.5 Å². The Morgan fingerprint density at radius 3 is 2.48 bits per heavy atom. The van der Waals surface area contributed by atoms with Crippen molar-refractivity contribution in [2.45, 2.75) is 17.9 Å². The number of hydrogen-bond donors (Lipinski definition) is 1. The van der Waals surface area contributed by atoms with Crippen LogP contribution in [-0.2, 0) is 10.0 Å². The molecule has 134 valence electrons. The number of ether oxygens (including phenoxy) is 2. The minimum absolute atomic E-state index is 0.00848. The van der Waals surface area contributed by atoms with Crippen LogP contribution in [0.3, 0.4) is 0 Å². The van der Waals surface area contributed by atoms with Crippen LogP contribution in [0, 0.1) is 5.82 Å². The second-order valence-corrected chi connectivity index (χ2v) is 7.96. The van der Waals surface area contributed by atoms with Crippen LogP contribution in [-0.4, -0.2) is 21.6 Å². The van der Waals surface area contributed by atoms with Gasteiger partial charge in [0.15, 0.2) is 11.5 Å². The van der Waals surface area contributed by atoms with Gasteiger partial charge in [0.25, 0.3) is 0 Å². The number of benzene rings is 2. The Kier molecular flexibility index (Phi) is 5.11. The summed E-state index contributed by atoms with van der Waals surface area (Å²) in [6.45, 7) is 2.32. The zero-order valence-corrected chi connectivity index (χ0v) is 15.4. The van der Waals surface area contributed by atoms with Crippen LogP contribution < -0.4 is 14.2 Å². The Labute approximate surface area is 154 Å². The molecule has 2 aromatic carbocycles. The van der Waals surface area contributed by atoms with E-state index in [9.17, 15) is 12.8 Å². The highest BCUT2D eigenvalue weighted by atomic mass is 35.5. The van der Waals surface area contributed by atoms with Crippen LogP contribution in [0.25, 0.3) is 0 Å². The average Bonchev–Trinajstić information content (AvgIpc) is 2.57. The number of nitrogens with one attached hydrogen (secondary N) is 1. The van der Waals surface area contributed by atoms with Crippen molar-refractivity contribution < 1.29 is 22.3 Å². The largest absolute Gasteiger partial charge is 0.486 e. The highest BCUT2D eigenvalue weighted by molar-refractivity contribution is 7.89. The molecule has 0 saturated heterocycles. The average molecular weight is 406 g/mol. The fourth-order valence-electron chi connectivity index (χ4n) is 2.42. The molecule has 25 heavy (non-hydrogen) atoms. The predicted molar refractivity (Wildman–Crippen MR) is 92.6 cm³/mol. The van der Waals surface area contributed by atoms with Crippen molar-refractivity contribution in [2.24, 2.45) is 0 Å². The number of halogens is 3. The SMILES string of the molecule is CC(NS(=O)(=O)c1ccc2c(c1)OCCO2)c1cc(F)c(Cl)cc1Cl. The zero-order chi connectivity index (χ0) is 18.2. The maximum Gasteiger partial charge on any atom is 0.241 e. The lowest BCUT2D eigenvalue weighted by Gasteiger charge is -2.20. The van der Waals surface area contributed by atoms with Crippen molar-refractivity contribution in [1.29, 1.82) is 0 Å². The van der Waals surface area contributed by atoms with E-state index in [-0.39, 0.29) is 20.5 Å². The Bertz CT molecular complexity index is 921. The normalized spacial score (nSPS) is 15.0. The zero-order valence-electron chi connectivity index (χ0n) is 13.1. The van der Waals surface area contributed by atoms with Crippen molar-refractivity contribution in [3.8, 4) is 11.5 Å². The molecule has 0 aliphatic carbocycles. The third-order valence-corrected chi connectivity index (χ3v) is 5.82. The molecule has 1 atom stereocenters. The first-order valence-corrected chi connectivity index (χ1v) is 9.58. The molecule has 5 nitrogen and oxygen atoms in total. The van der Waals surface area contributed by atoms with Crippen LogP contribution >= 0.6 is 23.2 Å². The number of hydrogen-bond acceptors (Lipinski definition) is 4. The molecule has 0 aromatic heterocycles. The lowest BCUT2D eigenvalue weighted by atomic mass is 10.1. The standard InChI is InChI=1S/C16H14Cl2FNO4S/c1-9(11-7-14(19)13(18)8-12(11)17)20-25(21,22)10-2-3-15-16(6-10)24-5-4-23-15/h2-3,6-9,20H,4-5H2,1H3. The van der Waals surface area contributed by atoms with E-state index in [0.29, 0.717) is 24.7 Å². The Morgan fingerprint density at radius 1 is 1.08 bits per heavy atom. The molecule has 1 aliphatic rings. The van der Waals surface area contributed by atoms with Gasteiger partial charge in [-0.2, -0.15) is 0 Å². The quantitative estimate of drug-likeness (QED) is 0.782. The van der Waals surface area contributed by atoms with Gasteiger partial charge in [-0.15, -0.1) is 0 Å². The van der Waals surface area contributed by atoms with E-state index >= 15 is 0 Å². The monoisotopic (exact) mass is 405 g/mol. The molecule has 0 spiro atoms. The van der Waals surface area contributed by atoms with Gasteiger partial charge < -0.3 is 9.47 Å². The van der Waals surface area contributed by atoms with E-state index < -0.39 is 21.9 Å². The minimum Gasteiger partial charge on any atom is -0.486 e. The molecule has 2 aromatic rings. The van der Waals surface area contributed by atoms with Gasteiger partial charge in [0, 0.05) is 17.1 Å². The second-order valence-electron chi connectivity index (χ2n) is 5.44. The highest BCUT2D eigenvalue weighted by Gasteiger charge is 2.23. The summed E-state index contributed by atoms with van der Waals surface area (Å²) in [6, 6.07) is 5.91. The van der Waals surface area contributed by atoms with E-state index in [1.54, 1.807) is 6.92 Å². The van der Waals surface area contributed by atoms with Gasteiger partial charge in [-0.3, -0.25) is 0 Å². The molecule has 1 N–H and O–H groups in total. The topological polar surface area (TPSA) is 64.6 Å². The lowest BCUT2D eigenvalue weighted by Crippen LogP contribution is -2.27. The van der Waals surface area contributed by atoms with E-state index in [2.05, 4.69) is 4.72 Å². The Balaban J connectivity index is 1.87. The number of sulfonamides is 1.